The van der Waals surface area contributed by atoms with Crippen molar-refractivity contribution in [1.29, 1.82) is 0 Å². The standard InChI is InChI=1S/C17H14F2N2O4S2/c1-2-25-15(22)10-21-16-13(19)8-11(18)9-14(16)26-17(21)20-27(23,24)12-6-4-3-5-7-12/h3-9H,2,10H2,1H3. The van der Waals surface area contributed by atoms with Gasteiger partial charge in [0, 0.05) is 6.07 Å². The molecule has 0 saturated heterocycles. The number of carbonyl (C=O) groups excluding carboxylic acids is 1. The zero-order valence-electron chi connectivity index (χ0n) is 14.1. The molecule has 0 bridgehead atoms. The molecule has 0 spiro atoms. The summed E-state index contributed by atoms with van der Waals surface area (Å²) in [5.74, 6) is -2.44. The van der Waals surface area contributed by atoms with Crippen molar-refractivity contribution in [3.8, 4) is 0 Å². The molecule has 3 aromatic rings. The molecule has 0 aliphatic rings. The van der Waals surface area contributed by atoms with Gasteiger partial charge in [0.05, 0.1) is 21.7 Å². The molecule has 142 valence electrons. The molecule has 10 heteroatoms. The molecule has 0 N–H and O–H groups in total. The first kappa shape index (κ1) is 19.2. The van der Waals surface area contributed by atoms with E-state index in [0.29, 0.717) is 6.07 Å². The van der Waals surface area contributed by atoms with Gasteiger partial charge in [-0.25, -0.2) is 8.78 Å². The second-order valence-electron chi connectivity index (χ2n) is 5.39. The first-order valence-electron chi connectivity index (χ1n) is 7.82. The summed E-state index contributed by atoms with van der Waals surface area (Å²) in [6, 6.07) is 9.16. The van der Waals surface area contributed by atoms with Crippen LogP contribution in [0.25, 0.3) is 10.2 Å². The molecule has 6 nitrogen and oxygen atoms in total. The number of rotatable bonds is 5. The average molecular weight is 412 g/mol. The molecule has 0 radical (unpaired) electrons. The number of fused-ring (bicyclic) bond motifs is 1. The number of aromatic nitrogens is 1. The van der Waals surface area contributed by atoms with Gasteiger partial charge in [-0.1, -0.05) is 29.5 Å². The number of benzene rings is 2. The number of halogens is 2. The second-order valence-corrected chi connectivity index (χ2v) is 8.00. The van der Waals surface area contributed by atoms with E-state index < -0.39 is 34.2 Å². The third-order valence-corrected chi connectivity index (χ3v) is 5.95. The minimum Gasteiger partial charge on any atom is -0.465 e. The number of sulfonamides is 1. The van der Waals surface area contributed by atoms with Gasteiger partial charge in [0.25, 0.3) is 10.0 Å². The van der Waals surface area contributed by atoms with Crippen LogP contribution in [0.5, 0.6) is 0 Å². The predicted molar refractivity (Wildman–Crippen MR) is 95.6 cm³/mol. The Morgan fingerprint density at radius 2 is 1.93 bits per heavy atom. The summed E-state index contributed by atoms with van der Waals surface area (Å²) in [4.78, 5) is 11.7. The van der Waals surface area contributed by atoms with Crippen molar-refractivity contribution in [1.82, 2.24) is 4.57 Å². The van der Waals surface area contributed by atoms with Crippen molar-refractivity contribution in [2.24, 2.45) is 4.40 Å². The maximum Gasteiger partial charge on any atom is 0.326 e. The summed E-state index contributed by atoms with van der Waals surface area (Å²) < 4.78 is 62.7. The Morgan fingerprint density at radius 3 is 2.59 bits per heavy atom. The summed E-state index contributed by atoms with van der Waals surface area (Å²) in [6.07, 6.45) is 0. The van der Waals surface area contributed by atoms with Crippen molar-refractivity contribution in [2.75, 3.05) is 6.61 Å². The highest BCUT2D eigenvalue weighted by molar-refractivity contribution is 7.90. The van der Waals surface area contributed by atoms with Crippen LogP contribution in [0.4, 0.5) is 8.78 Å². The number of esters is 1. The largest absolute Gasteiger partial charge is 0.465 e. The van der Waals surface area contributed by atoms with E-state index in [1.54, 1.807) is 13.0 Å². The Balaban J connectivity index is 2.25. The van der Waals surface area contributed by atoms with E-state index in [0.717, 1.165) is 22.0 Å². The van der Waals surface area contributed by atoms with Crippen LogP contribution in [-0.2, 0) is 26.1 Å². The van der Waals surface area contributed by atoms with Crippen LogP contribution in [0, 0.1) is 11.6 Å². The van der Waals surface area contributed by atoms with Gasteiger partial charge in [-0.3, -0.25) is 4.79 Å². The topological polar surface area (TPSA) is 77.7 Å². The highest BCUT2D eigenvalue weighted by Gasteiger charge is 2.19. The monoisotopic (exact) mass is 412 g/mol. The average Bonchev–Trinajstić information content (AvgIpc) is 2.92. The number of hydrogen-bond donors (Lipinski definition) is 0. The van der Waals surface area contributed by atoms with Gasteiger partial charge < -0.3 is 9.30 Å². The maximum atomic E-state index is 14.3. The fraction of sp³-hybridized carbons (Fsp3) is 0.176. The summed E-state index contributed by atoms with van der Waals surface area (Å²) >= 11 is 0.763. The zero-order chi connectivity index (χ0) is 19.6. The zero-order valence-corrected chi connectivity index (χ0v) is 15.7. The Labute approximate surface area is 157 Å². The van der Waals surface area contributed by atoms with Gasteiger partial charge in [-0.15, -0.1) is 4.40 Å². The summed E-state index contributed by atoms with van der Waals surface area (Å²) in [5, 5.41) is 0. The smallest absolute Gasteiger partial charge is 0.326 e. The molecule has 0 fully saturated rings. The Morgan fingerprint density at radius 1 is 1.22 bits per heavy atom. The van der Waals surface area contributed by atoms with Crippen LogP contribution >= 0.6 is 11.3 Å². The fourth-order valence-corrected chi connectivity index (χ4v) is 4.72. The molecule has 1 heterocycles. The van der Waals surface area contributed by atoms with Gasteiger partial charge in [0.2, 0.25) is 4.80 Å². The Kier molecular flexibility index (Phi) is 5.38. The highest BCUT2D eigenvalue weighted by atomic mass is 32.2. The van der Waals surface area contributed by atoms with E-state index in [2.05, 4.69) is 4.40 Å². The van der Waals surface area contributed by atoms with Gasteiger partial charge >= 0.3 is 5.97 Å². The van der Waals surface area contributed by atoms with Crippen LogP contribution in [0.1, 0.15) is 6.92 Å². The Hall–Kier alpha value is -2.59. The van der Waals surface area contributed by atoms with Gasteiger partial charge in [-0.05, 0) is 25.1 Å². The minimum atomic E-state index is -4.11. The molecular formula is C17H14F2N2O4S2. The highest BCUT2D eigenvalue weighted by Crippen LogP contribution is 2.23. The Bertz CT molecular complexity index is 1170. The van der Waals surface area contributed by atoms with E-state index in [9.17, 15) is 22.0 Å². The number of carbonyl (C=O) groups is 1. The first-order valence-corrected chi connectivity index (χ1v) is 10.1. The van der Waals surface area contributed by atoms with Crippen molar-refractivity contribution >= 4 is 37.5 Å². The van der Waals surface area contributed by atoms with Crippen molar-refractivity contribution in [2.45, 2.75) is 18.4 Å². The molecule has 3 rings (SSSR count). The summed E-state index contributed by atoms with van der Waals surface area (Å²) in [5.41, 5.74) is -0.114. The normalized spacial score (nSPS) is 12.5. The summed E-state index contributed by atoms with van der Waals surface area (Å²) in [7, 11) is -4.11. The predicted octanol–water partition coefficient (Wildman–Crippen LogP) is 2.83. The molecule has 0 aliphatic heterocycles. The van der Waals surface area contributed by atoms with E-state index >= 15 is 0 Å². The van der Waals surface area contributed by atoms with Gasteiger partial charge in [-0.2, -0.15) is 8.42 Å². The minimum absolute atomic E-state index is 0.0585. The quantitative estimate of drug-likeness (QED) is 0.604. The number of nitrogens with zero attached hydrogens (tertiary/aromatic N) is 2. The number of thiazole rings is 1. The van der Waals surface area contributed by atoms with Crippen LogP contribution in [0.15, 0.2) is 51.8 Å². The number of hydrogen-bond acceptors (Lipinski definition) is 5. The van der Waals surface area contributed by atoms with E-state index in [-0.39, 0.29) is 26.5 Å². The van der Waals surface area contributed by atoms with E-state index in [1.165, 1.54) is 24.3 Å². The van der Waals surface area contributed by atoms with E-state index in [4.69, 9.17) is 4.74 Å². The molecule has 0 amide bonds. The lowest BCUT2D eigenvalue weighted by atomic mass is 10.3. The van der Waals surface area contributed by atoms with Crippen molar-refractivity contribution < 1.29 is 26.7 Å². The third kappa shape index (κ3) is 4.06. The van der Waals surface area contributed by atoms with Crippen LogP contribution in [0.2, 0.25) is 0 Å². The number of ether oxygens (including phenoxy) is 1. The van der Waals surface area contributed by atoms with Crippen molar-refractivity contribution in [3.63, 3.8) is 0 Å². The van der Waals surface area contributed by atoms with Gasteiger partial charge in [0.15, 0.2) is 5.82 Å². The first-order chi connectivity index (χ1) is 12.8. The second kappa shape index (κ2) is 7.57. The van der Waals surface area contributed by atoms with Crippen LogP contribution in [-0.4, -0.2) is 25.6 Å². The maximum absolute atomic E-state index is 14.3. The lowest BCUT2D eigenvalue weighted by Gasteiger charge is -2.06. The summed E-state index contributed by atoms with van der Waals surface area (Å²) in [6.45, 7) is 1.25. The van der Waals surface area contributed by atoms with Gasteiger partial charge in [0.1, 0.15) is 12.4 Å². The molecule has 0 unspecified atom stereocenters. The van der Waals surface area contributed by atoms with Crippen LogP contribution < -0.4 is 4.80 Å². The molecular weight excluding hydrogens is 398 g/mol. The molecule has 2 aromatic carbocycles. The molecule has 1 aromatic heterocycles. The van der Waals surface area contributed by atoms with E-state index in [1.807, 2.05) is 0 Å². The fourth-order valence-electron chi connectivity index (χ4n) is 2.43. The third-order valence-electron chi connectivity index (χ3n) is 3.53. The molecule has 27 heavy (non-hydrogen) atoms. The SMILES string of the molecule is CCOC(=O)Cn1c(=NS(=O)(=O)c2ccccc2)sc2cc(F)cc(F)c21. The molecule has 0 saturated carbocycles. The molecule has 0 aliphatic carbocycles. The lowest BCUT2D eigenvalue weighted by molar-refractivity contribution is -0.143. The lowest BCUT2D eigenvalue weighted by Crippen LogP contribution is -2.23. The van der Waals surface area contributed by atoms with Crippen molar-refractivity contribution in [3.05, 3.63) is 58.9 Å². The van der Waals surface area contributed by atoms with Crippen LogP contribution in [0.3, 0.4) is 0 Å². The molecule has 0 atom stereocenters.